The highest BCUT2D eigenvalue weighted by molar-refractivity contribution is 4.96. The quantitative estimate of drug-likeness (QED) is 0.110. The van der Waals surface area contributed by atoms with E-state index in [0.717, 1.165) is 0 Å². The van der Waals surface area contributed by atoms with Gasteiger partial charge in [-0.2, -0.15) is 0 Å². The maximum atomic E-state index is 10.9. The second kappa shape index (κ2) is 15.0. The highest BCUT2D eigenvalue weighted by atomic mass is 16.8. The van der Waals surface area contributed by atoms with E-state index in [0.29, 0.717) is 0 Å². The Morgan fingerprint density at radius 2 is 0.909 bits per heavy atom. The summed E-state index contributed by atoms with van der Waals surface area (Å²) in [6.07, 6.45) is -33.4. The van der Waals surface area contributed by atoms with E-state index < -0.39 is 143 Å². The van der Waals surface area contributed by atoms with Crippen LogP contribution in [0.2, 0.25) is 0 Å². The topological polar surface area (TPSA) is 328 Å². The molecule has 0 aromatic heterocycles. The normalized spacial score (nSPS) is 53.9. The molecule has 0 aromatic rings. The van der Waals surface area contributed by atoms with E-state index in [-0.39, 0.29) is 0 Å². The molecule has 1 unspecified atom stereocenters. The van der Waals surface area contributed by atoms with E-state index >= 15 is 0 Å². The van der Waals surface area contributed by atoms with Gasteiger partial charge in [-0.15, -0.1) is 0 Å². The van der Waals surface area contributed by atoms with Gasteiger partial charge in [0.1, 0.15) is 91.6 Å². The van der Waals surface area contributed by atoms with Crippen LogP contribution >= 0.6 is 0 Å². The van der Waals surface area contributed by atoms with Crippen LogP contribution in [0, 0.1) is 0 Å². The van der Waals surface area contributed by atoms with Crippen molar-refractivity contribution in [2.24, 2.45) is 0 Å². The number of hydrogen-bond donors (Lipinski definition) is 13. The zero-order valence-electron chi connectivity index (χ0n) is 23.3. The van der Waals surface area contributed by atoms with E-state index in [1.54, 1.807) is 0 Å². The number of aliphatic hydroxyl groups excluding tert-OH is 13. The smallest absolute Gasteiger partial charge is 0.187 e. The summed E-state index contributed by atoms with van der Waals surface area (Å²) in [6.45, 7) is -0.859. The van der Waals surface area contributed by atoms with E-state index in [9.17, 15) is 66.4 Å². The highest BCUT2D eigenvalue weighted by Gasteiger charge is 2.53. The van der Waals surface area contributed by atoms with Crippen molar-refractivity contribution in [1.29, 1.82) is 0 Å². The molecule has 20 nitrogen and oxygen atoms in total. The van der Waals surface area contributed by atoms with Crippen molar-refractivity contribution in [3.8, 4) is 0 Å². The molecule has 0 spiro atoms. The predicted octanol–water partition coefficient (Wildman–Crippen LogP) is -8.72. The van der Waals surface area contributed by atoms with Crippen LogP contribution in [0.5, 0.6) is 0 Å². The first-order chi connectivity index (χ1) is 20.7. The molecule has 4 aliphatic rings. The fraction of sp³-hybridized carbons (Fsp3) is 1.00. The van der Waals surface area contributed by atoms with Gasteiger partial charge < -0.3 is 99.5 Å². The lowest BCUT2D eigenvalue weighted by Crippen LogP contribution is -2.66. The minimum absolute atomic E-state index is 0.663. The molecule has 4 aliphatic heterocycles. The van der Waals surface area contributed by atoms with Crippen LogP contribution in [0.15, 0.2) is 0 Å². The van der Waals surface area contributed by atoms with Gasteiger partial charge in [0.05, 0.1) is 25.9 Å². The van der Waals surface area contributed by atoms with Crippen LogP contribution < -0.4 is 0 Å². The molecule has 4 saturated heterocycles. The van der Waals surface area contributed by atoms with E-state index in [1.807, 2.05) is 0 Å². The van der Waals surface area contributed by atoms with Gasteiger partial charge in [0.2, 0.25) is 0 Å². The molecule has 13 N–H and O–H groups in total. The highest BCUT2D eigenvalue weighted by Crippen LogP contribution is 2.32. The van der Waals surface area contributed by atoms with Crippen molar-refractivity contribution in [2.75, 3.05) is 19.8 Å². The van der Waals surface area contributed by atoms with Crippen LogP contribution in [0.3, 0.4) is 0 Å². The SMILES string of the molecule is C[C@@H]1OC(O)[C@H](O)[C@H](O)[C@H]1O[C@@H]1O[C@H](CO)[C@H](O[C@@H]2O[C@H](CO[C@@H]3O[C@H](CO)[C@H](O)[C@H](O)[C@H]3O)[C@H](O)[C@H](O)[C@H]2O)[C@H](O)[C@H]1O. The standard InChI is InChI=1S/C24H42O20/c1-5-19(13(31)15(33)21(37)39-5)43-24-18(36)14(32)20(7(3-26)41-24)44-23-17(35)12(30)10(28)8(42-23)4-38-22-16(34)11(29)9(27)6(2-25)40-22/h5-37H,2-4H2,1H3/t5-,6+,7+,8+,9-,10-,11-,12-,13-,14+,15+,16+,17+,18+,19-,20-,21?,22+,23-,24-/m0/s1. The zero-order chi connectivity index (χ0) is 32.6. The largest absolute Gasteiger partial charge is 0.394 e. The lowest BCUT2D eigenvalue weighted by Gasteiger charge is -2.48. The molecule has 0 aliphatic carbocycles. The minimum atomic E-state index is -1.95. The average Bonchev–Trinajstić information content (AvgIpc) is 3.00. The van der Waals surface area contributed by atoms with Crippen LogP contribution in [-0.2, 0) is 33.2 Å². The third kappa shape index (κ3) is 7.19. The first-order valence-corrected chi connectivity index (χ1v) is 14.0. The van der Waals surface area contributed by atoms with Gasteiger partial charge in [0.25, 0.3) is 0 Å². The third-order valence-electron chi connectivity index (χ3n) is 8.14. The lowest BCUT2D eigenvalue weighted by atomic mass is 9.96. The van der Waals surface area contributed by atoms with Crippen molar-refractivity contribution < 1.29 is 99.5 Å². The summed E-state index contributed by atoms with van der Waals surface area (Å²) in [7, 11) is 0. The summed E-state index contributed by atoms with van der Waals surface area (Å²) >= 11 is 0. The minimum Gasteiger partial charge on any atom is -0.394 e. The van der Waals surface area contributed by atoms with Crippen LogP contribution in [0.4, 0.5) is 0 Å². The Balaban J connectivity index is 1.40. The van der Waals surface area contributed by atoms with Gasteiger partial charge in [-0.05, 0) is 6.92 Å². The Labute approximate surface area is 249 Å². The number of aliphatic hydroxyl groups is 13. The molecule has 0 radical (unpaired) electrons. The summed E-state index contributed by atoms with van der Waals surface area (Å²) in [4.78, 5) is 0. The van der Waals surface area contributed by atoms with Gasteiger partial charge in [-0.25, -0.2) is 0 Å². The van der Waals surface area contributed by atoms with Crippen LogP contribution in [0.1, 0.15) is 6.92 Å². The second-order valence-corrected chi connectivity index (χ2v) is 11.2. The number of hydrogen-bond acceptors (Lipinski definition) is 20. The predicted molar refractivity (Wildman–Crippen MR) is 132 cm³/mol. The summed E-state index contributed by atoms with van der Waals surface area (Å²) in [5, 5.41) is 132. The van der Waals surface area contributed by atoms with Gasteiger partial charge >= 0.3 is 0 Å². The van der Waals surface area contributed by atoms with Gasteiger partial charge in [-0.3, -0.25) is 0 Å². The zero-order valence-corrected chi connectivity index (χ0v) is 23.3. The molecule has 20 heteroatoms. The number of rotatable bonds is 9. The molecule has 258 valence electrons. The van der Waals surface area contributed by atoms with E-state index in [2.05, 4.69) is 0 Å². The second-order valence-electron chi connectivity index (χ2n) is 11.2. The Hall–Kier alpha value is -0.800. The number of ether oxygens (including phenoxy) is 7. The molecule has 0 amide bonds. The summed E-state index contributed by atoms with van der Waals surface area (Å²) in [5.74, 6) is 0. The van der Waals surface area contributed by atoms with Crippen molar-refractivity contribution in [1.82, 2.24) is 0 Å². The summed E-state index contributed by atoms with van der Waals surface area (Å²) in [6, 6.07) is 0. The molecule has 4 heterocycles. The first kappa shape index (κ1) is 36.0. The fourth-order valence-electron chi connectivity index (χ4n) is 5.41. The van der Waals surface area contributed by atoms with Crippen molar-refractivity contribution in [2.45, 2.75) is 130 Å². The molecule has 20 atom stereocenters. The molecule has 0 aromatic carbocycles. The van der Waals surface area contributed by atoms with Crippen molar-refractivity contribution in [3.05, 3.63) is 0 Å². The fourth-order valence-corrected chi connectivity index (χ4v) is 5.41. The van der Waals surface area contributed by atoms with Gasteiger partial charge in [0, 0.05) is 0 Å². The van der Waals surface area contributed by atoms with Crippen molar-refractivity contribution in [3.63, 3.8) is 0 Å². The molecule has 4 rings (SSSR count). The molecule has 4 fully saturated rings. The van der Waals surface area contributed by atoms with E-state index in [4.69, 9.17) is 33.2 Å². The first-order valence-electron chi connectivity index (χ1n) is 14.0. The summed E-state index contributed by atoms with van der Waals surface area (Å²) < 4.78 is 37.8. The monoisotopic (exact) mass is 650 g/mol. The maximum Gasteiger partial charge on any atom is 0.187 e. The van der Waals surface area contributed by atoms with Gasteiger partial charge in [-0.1, -0.05) is 0 Å². The summed E-state index contributed by atoms with van der Waals surface area (Å²) in [5.41, 5.74) is 0. The lowest BCUT2D eigenvalue weighted by molar-refractivity contribution is -0.378. The van der Waals surface area contributed by atoms with Crippen molar-refractivity contribution >= 4 is 0 Å². The average molecular weight is 651 g/mol. The van der Waals surface area contributed by atoms with Crippen LogP contribution in [-0.4, -0.2) is 209 Å². The Kier molecular flexibility index (Phi) is 12.3. The molecular weight excluding hydrogens is 608 g/mol. The Morgan fingerprint density at radius 1 is 0.455 bits per heavy atom. The molecule has 0 saturated carbocycles. The molecule has 0 bridgehead atoms. The van der Waals surface area contributed by atoms with Crippen LogP contribution in [0.25, 0.3) is 0 Å². The maximum absolute atomic E-state index is 10.9. The Morgan fingerprint density at radius 3 is 1.50 bits per heavy atom. The van der Waals surface area contributed by atoms with E-state index in [1.165, 1.54) is 6.92 Å². The third-order valence-corrected chi connectivity index (χ3v) is 8.14. The molecule has 44 heavy (non-hydrogen) atoms. The van der Waals surface area contributed by atoms with Gasteiger partial charge in [0.15, 0.2) is 25.2 Å². The molecular formula is C24H42O20. The Bertz CT molecular complexity index is 898.